The topological polar surface area (TPSA) is 80.5 Å². The third-order valence-electron chi connectivity index (χ3n) is 2.49. The van der Waals surface area contributed by atoms with E-state index in [2.05, 4.69) is 0 Å². The van der Waals surface area contributed by atoms with Crippen LogP contribution in [0.15, 0.2) is 0 Å². The zero-order chi connectivity index (χ0) is 11.5. The standard InChI is InChI=1S/C9H18N2O3S/c1-11(8-3-4-8)9(12)7-15(13,14)6-2-5-10/h8H,2-7,10H2,1H3. The van der Waals surface area contributed by atoms with E-state index in [0.29, 0.717) is 13.0 Å². The van der Waals surface area contributed by atoms with E-state index in [9.17, 15) is 13.2 Å². The second kappa shape index (κ2) is 4.94. The van der Waals surface area contributed by atoms with Gasteiger partial charge in [0.05, 0.1) is 5.75 Å². The number of hydrogen-bond acceptors (Lipinski definition) is 4. The summed E-state index contributed by atoms with van der Waals surface area (Å²) in [5, 5.41) is 0. The highest BCUT2D eigenvalue weighted by atomic mass is 32.2. The van der Waals surface area contributed by atoms with Crippen molar-refractivity contribution in [3.05, 3.63) is 0 Å². The van der Waals surface area contributed by atoms with E-state index in [-0.39, 0.29) is 23.5 Å². The van der Waals surface area contributed by atoms with Gasteiger partial charge < -0.3 is 10.6 Å². The molecule has 0 aliphatic heterocycles. The summed E-state index contributed by atoms with van der Waals surface area (Å²) in [6.45, 7) is 0.339. The molecule has 0 saturated heterocycles. The molecule has 0 unspecified atom stereocenters. The van der Waals surface area contributed by atoms with Gasteiger partial charge in [-0.1, -0.05) is 0 Å². The van der Waals surface area contributed by atoms with Crippen molar-refractivity contribution in [2.24, 2.45) is 5.73 Å². The third kappa shape index (κ3) is 4.17. The van der Waals surface area contributed by atoms with Gasteiger partial charge in [0.15, 0.2) is 9.84 Å². The van der Waals surface area contributed by atoms with Gasteiger partial charge in [-0.3, -0.25) is 4.79 Å². The normalized spacial score (nSPS) is 16.4. The molecule has 0 atom stereocenters. The first-order valence-corrected chi connectivity index (χ1v) is 6.94. The van der Waals surface area contributed by atoms with Gasteiger partial charge in [0.1, 0.15) is 5.75 Å². The zero-order valence-corrected chi connectivity index (χ0v) is 9.79. The van der Waals surface area contributed by atoms with Gasteiger partial charge in [-0.25, -0.2) is 8.42 Å². The van der Waals surface area contributed by atoms with E-state index in [1.165, 1.54) is 0 Å². The molecule has 0 bridgehead atoms. The molecule has 0 heterocycles. The van der Waals surface area contributed by atoms with E-state index in [0.717, 1.165) is 12.8 Å². The zero-order valence-electron chi connectivity index (χ0n) is 8.98. The lowest BCUT2D eigenvalue weighted by Gasteiger charge is -2.15. The first-order valence-electron chi connectivity index (χ1n) is 5.12. The van der Waals surface area contributed by atoms with E-state index in [4.69, 9.17) is 5.73 Å². The molecule has 1 amide bonds. The molecule has 1 rings (SSSR count). The maximum atomic E-state index is 11.5. The molecule has 1 fully saturated rings. The van der Waals surface area contributed by atoms with E-state index in [1.54, 1.807) is 11.9 Å². The smallest absolute Gasteiger partial charge is 0.237 e. The van der Waals surface area contributed by atoms with Crippen molar-refractivity contribution >= 4 is 15.7 Å². The fourth-order valence-corrected chi connectivity index (χ4v) is 2.66. The summed E-state index contributed by atoms with van der Waals surface area (Å²) in [7, 11) is -1.60. The Labute approximate surface area is 90.5 Å². The highest BCUT2D eigenvalue weighted by Crippen LogP contribution is 2.25. The summed E-state index contributed by atoms with van der Waals surface area (Å²) in [5.41, 5.74) is 5.22. The minimum atomic E-state index is -3.26. The number of carbonyl (C=O) groups is 1. The molecule has 88 valence electrons. The Morgan fingerprint density at radius 3 is 2.53 bits per heavy atom. The van der Waals surface area contributed by atoms with Crippen LogP contribution in [0.3, 0.4) is 0 Å². The van der Waals surface area contributed by atoms with E-state index < -0.39 is 9.84 Å². The Balaban J connectivity index is 2.41. The number of nitrogens with two attached hydrogens (primary N) is 1. The summed E-state index contributed by atoms with van der Waals surface area (Å²) in [6, 6.07) is 0.266. The molecular formula is C9H18N2O3S. The Bertz CT molecular complexity index is 322. The molecule has 1 aliphatic carbocycles. The molecule has 6 heteroatoms. The van der Waals surface area contributed by atoms with Crippen LogP contribution in [0.1, 0.15) is 19.3 Å². The van der Waals surface area contributed by atoms with Gasteiger partial charge in [0.25, 0.3) is 0 Å². The minimum absolute atomic E-state index is 0.00769. The quantitative estimate of drug-likeness (QED) is 0.663. The summed E-state index contributed by atoms with van der Waals surface area (Å²) in [5.74, 6) is -0.664. The number of rotatable bonds is 6. The molecule has 0 spiro atoms. The lowest BCUT2D eigenvalue weighted by atomic mass is 10.5. The van der Waals surface area contributed by atoms with Crippen molar-refractivity contribution in [1.82, 2.24) is 4.90 Å². The fourth-order valence-electron chi connectivity index (χ4n) is 1.33. The monoisotopic (exact) mass is 234 g/mol. The van der Waals surface area contributed by atoms with Gasteiger partial charge in [-0.2, -0.15) is 0 Å². The lowest BCUT2D eigenvalue weighted by Crippen LogP contribution is -2.35. The number of hydrogen-bond donors (Lipinski definition) is 1. The second-order valence-corrected chi connectivity index (χ2v) is 6.15. The molecule has 15 heavy (non-hydrogen) atoms. The van der Waals surface area contributed by atoms with Gasteiger partial charge in [-0.05, 0) is 25.8 Å². The van der Waals surface area contributed by atoms with Crippen LogP contribution < -0.4 is 5.73 Å². The van der Waals surface area contributed by atoms with Crippen LogP contribution >= 0.6 is 0 Å². The largest absolute Gasteiger partial charge is 0.342 e. The molecule has 1 saturated carbocycles. The van der Waals surface area contributed by atoms with Crippen molar-refractivity contribution in [2.45, 2.75) is 25.3 Å². The lowest BCUT2D eigenvalue weighted by molar-refractivity contribution is -0.127. The summed E-state index contributed by atoms with van der Waals surface area (Å²) >= 11 is 0. The second-order valence-electron chi connectivity index (χ2n) is 3.97. The molecule has 0 aromatic carbocycles. The van der Waals surface area contributed by atoms with Gasteiger partial charge in [0, 0.05) is 13.1 Å². The highest BCUT2D eigenvalue weighted by molar-refractivity contribution is 7.92. The average molecular weight is 234 g/mol. The minimum Gasteiger partial charge on any atom is -0.342 e. The van der Waals surface area contributed by atoms with Crippen LogP contribution in [0.5, 0.6) is 0 Å². The predicted molar refractivity (Wildman–Crippen MR) is 58.1 cm³/mol. The van der Waals surface area contributed by atoms with Crippen LogP contribution in [0.2, 0.25) is 0 Å². The number of amides is 1. The Kier molecular flexibility index (Phi) is 4.10. The van der Waals surface area contributed by atoms with Gasteiger partial charge >= 0.3 is 0 Å². The first-order chi connectivity index (χ1) is 6.96. The Morgan fingerprint density at radius 1 is 1.47 bits per heavy atom. The Hall–Kier alpha value is -0.620. The Morgan fingerprint density at radius 2 is 2.07 bits per heavy atom. The predicted octanol–water partition coefficient (Wildman–Crippen LogP) is -0.629. The van der Waals surface area contributed by atoms with Gasteiger partial charge in [0.2, 0.25) is 5.91 Å². The molecule has 0 aromatic heterocycles. The molecular weight excluding hydrogens is 216 g/mol. The van der Waals surface area contributed by atoms with Gasteiger partial charge in [-0.15, -0.1) is 0 Å². The van der Waals surface area contributed by atoms with Crippen molar-refractivity contribution in [2.75, 3.05) is 25.1 Å². The first kappa shape index (κ1) is 12.4. The SMILES string of the molecule is CN(C(=O)CS(=O)(=O)CCCN)C1CC1. The molecule has 1 aliphatic rings. The molecule has 2 N–H and O–H groups in total. The third-order valence-corrected chi connectivity index (χ3v) is 4.09. The van der Waals surface area contributed by atoms with Crippen molar-refractivity contribution in [1.29, 1.82) is 0 Å². The van der Waals surface area contributed by atoms with Crippen LogP contribution in [0, 0.1) is 0 Å². The fraction of sp³-hybridized carbons (Fsp3) is 0.889. The maximum absolute atomic E-state index is 11.5. The maximum Gasteiger partial charge on any atom is 0.237 e. The van der Waals surface area contributed by atoms with Crippen LogP contribution in [0.25, 0.3) is 0 Å². The van der Waals surface area contributed by atoms with E-state index >= 15 is 0 Å². The van der Waals surface area contributed by atoms with Crippen LogP contribution in [0.4, 0.5) is 0 Å². The molecule has 0 aromatic rings. The van der Waals surface area contributed by atoms with Crippen molar-refractivity contribution in [3.63, 3.8) is 0 Å². The highest BCUT2D eigenvalue weighted by Gasteiger charge is 2.31. The number of sulfone groups is 1. The molecule has 0 radical (unpaired) electrons. The summed E-state index contributed by atoms with van der Waals surface area (Å²) in [6.07, 6.45) is 2.40. The van der Waals surface area contributed by atoms with E-state index in [1.807, 2.05) is 0 Å². The van der Waals surface area contributed by atoms with Crippen LogP contribution in [-0.2, 0) is 14.6 Å². The summed E-state index contributed by atoms with van der Waals surface area (Å²) < 4.78 is 22.9. The number of nitrogens with zero attached hydrogens (tertiary/aromatic N) is 1. The van der Waals surface area contributed by atoms with Crippen molar-refractivity contribution in [3.8, 4) is 0 Å². The average Bonchev–Trinajstić information content (AvgIpc) is 2.96. The number of carbonyl (C=O) groups excluding carboxylic acids is 1. The summed E-state index contributed by atoms with van der Waals surface area (Å²) in [4.78, 5) is 13.1. The molecule has 5 nitrogen and oxygen atoms in total. The van der Waals surface area contributed by atoms with Crippen LogP contribution in [-0.4, -0.2) is 50.4 Å². The van der Waals surface area contributed by atoms with Crippen molar-refractivity contribution < 1.29 is 13.2 Å².